The summed E-state index contributed by atoms with van der Waals surface area (Å²) in [7, 11) is 1.47. The zero-order valence-electron chi connectivity index (χ0n) is 15.4. The lowest BCUT2D eigenvalue weighted by atomic mass is 10.2. The van der Waals surface area contributed by atoms with Crippen LogP contribution < -0.4 is 15.4 Å². The molecule has 0 spiro atoms. The molecule has 1 aliphatic heterocycles. The van der Waals surface area contributed by atoms with Gasteiger partial charge >= 0.3 is 5.97 Å². The second-order valence-electron chi connectivity index (χ2n) is 5.88. The lowest BCUT2D eigenvalue weighted by Gasteiger charge is -2.10. The lowest BCUT2D eigenvalue weighted by molar-refractivity contribution is -0.144. The van der Waals surface area contributed by atoms with Crippen molar-refractivity contribution in [3.8, 4) is 5.75 Å². The van der Waals surface area contributed by atoms with Crippen molar-refractivity contribution in [1.82, 2.24) is 0 Å². The number of carbonyl (C=O) groups is 3. The van der Waals surface area contributed by atoms with Crippen LogP contribution in [0.2, 0.25) is 5.02 Å². The molecule has 150 valence electrons. The van der Waals surface area contributed by atoms with Gasteiger partial charge in [-0.1, -0.05) is 29.8 Å². The van der Waals surface area contributed by atoms with Gasteiger partial charge in [0.25, 0.3) is 5.91 Å². The van der Waals surface area contributed by atoms with E-state index in [2.05, 4.69) is 10.6 Å². The van der Waals surface area contributed by atoms with E-state index in [-0.39, 0.29) is 18.1 Å². The van der Waals surface area contributed by atoms with Gasteiger partial charge in [-0.05, 0) is 30.3 Å². The Morgan fingerprint density at radius 1 is 1.14 bits per heavy atom. The largest absolute Gasteiger partial charge is 0.495 e. The number of hydrogen-bond donors (Lipinski definition) is 2. The number of benzene rings is 2. The molecule has 2 aromatic carbocycles. The fourth-order valence-electron chi connectivity index (χ4n) is 2.51. The van der Waals surface area contributed by atoms with Crippen molar-refractivity contribution in [2.45, 2.75) is 0 Å². The van der Waals surface area contributed by atoms with Crippen LogP contribution in [0.15, 0.2) is 60.0 Å². The number of ketones is 1. The van der Waals surface area contributed by atoms with Crippen LogP contribution in [0.4, 0.5) is 11.4 Å². The highest BCUT2D eigenvalue weighted by Crippen LogP contribution is 2.27. The average molecular weight is 417 g/mol. The van der Waals surface area contributed by atoms with Crippen molar-refractivity contribution in [1.29, 1.82) is 0 Å². The zero-order valence-corrected chi connectivity index (χ0v) is 16.1. The van der Waals surface area contributed by atoms with Crippen LogP contribution in [-0.4, -0.2) is 38.0 Å². The molecular weight excluding hydrogens is 400 g/mol. The van der Waals surface area contributed by atoms with Crippen LogP contribution >= 0.6 is 11.6 Å². The maximum Gasteiger partial charge on any atom is 0.347 e. The summed E-state index contributed by atoms with van der Waals surface area (Å²) < 4.78 is 15.2. The van der Waals surface area contributed by atoms with E-state index in [1.165, 1.54) is 13.2 Å². The molecule has 1 heterocycles. The van der Waals surface area contributed by atoms with Gasteiger partial charge < -0.3 is 24.8 Å². The van der Waals surface area contributed by atoms with E-state index in [1.54, 1.807) is 36.4 Å². The predicted octanol–water partition coefficient (Wildman–Crippen LogP) is 2.75. The molecule has 0 radical (unpaired) electrons. The van der Waals surface area contributed by atoms with Crippen LogP contribution in [0, 0.1) is 0 Å². The molecule has 2 N–H and O–H groups in total. The van der Waals surface area contributed by atoms with Gasteiger partial charge in [0.2, 0.25) is 11.7 Å². The summed E-state index contributed by atoms with van der Waals surface area (Å²) in [4.78, 5) is 36.4. The second-order valence-corrected chi connectivity index (χ2v) is 6.29. The molecule has 0 unspecified atom stereocenters. The number of halogens is 1. The third-order valence-corrected chi connectivity index (χ3v) is 4.15. The second kappa shape index (κ2) is 9.11. The summed E-state index contributed by atoms with van der Waals surface area (Å²) in [6.45, 7) is -0.867. The van der Waals surface area contributed by atoms with Crippen LogP contribution in [0.25, 0.3) is 0 Å². The Labute approximate surface area is 171 Å². The van der Waals surface area contributed by atoms with E-state index in [0.717, 1.165) is 0 Å². The molecule has 0 fully saturated rings. The Bertz CT molecular complexity index is 974. The molecule has 2 aromatic rings. The van der Waals surface area contributed by atoms with Crippen LogP contribution in [0.5, 0.6) is 5.75 Å². The summed E-state index contributed by atoms with van der Waals surface area (Å²) in [5.41, 5.74) is 0.772. The Hall–Kier alpha value is -3.52. The minimum Gasteiger partial charge on any atom is -0.495 e. The highest BCUT2D eigenvalue weighted by Gasteiger charge is 2.32. The highest BCUT2D eigenvalue weighted by atomic mass is 35.5. The van der Waals surface area contributed by atoms with Crippen LogP contribution in [-0.2, 0) is 23.9 Å². The van der Waals surface area contributed by atoms with Crippen molar-refractivity contribution in [3.63, 3.8) is 0 Å². The molecule has 29 heavy (non-hydrogen) atoms. The number of rotatable bonds is 7. The number of para-hydroxylation sites is 1. The van der Waals surface area contributed by atoms with Gasteiger partial charge in [0.1, 0.15) is 5.75 Å². The molecule has 9 heteroatoms. The van der Waals surface area contributed by atoms with Crippen molar-refractivity contribution >= 4 is 40.6 Å². The van der Waals surface area contributed by atoms with Gasteiger partial charge in [0.05, 0.1) is 12.1 Å². The number of carbonyl (C=O) groups excluding carboxylic acids is 3. The van der Waals surface area contributed by atoms with E-state index >= 15 is 0 Å². The molecule has 0 bridgehead atoms. The summed E-state index contributed by atoms with van der Waals surface area (Å²) >= 11 is 6.00. The number of Topliss-reactive ketones (excluding diaryl/α,β-unsaturated/α-hetero) is 1. The lowest BCUT2D eigenvalue weighted by Crippen LogP contribution is -2.24. The van der Waals surface area contributed by atoms with Gasteiger partial charge in [0, 0.05) is 11.4 Å². The molecular formula is C20H17ClN2O6. The van der Waals surface area contributed by atoms with Crippen molar-refractivity contribution in [3.05, 3.63) is 65.0 Å². The predicted molar refractivity (Wildman–Crippen MR) is 106 cm³/mol. The first-order valence-electron chi connectivity index (χ1n) is 8.51. The fraction of sp³-hybridized carbons (Fsp3) is 0.150. The maximum absolute atomic E-state index is 12.3. The van der Waals surface area contributed by atoms with E-state index in [4.69, 9.17) is 25.8 Å². The van der Waals surface area contributed by atoms with Gasteiger partial charge in [-0.3, -0.25) is 9.59 Å². The SMILES string of the molecule is COc1ccc(NC(=O)COC(=O)C2=C(Nc3ccccc3)OCC2=O)cc1Cl. The summed E-state index contributed by atoms with van der Waals surface area (Å²) in [6, 6.07) is 13.6. The first kappa shape index (κ1) is 20.2. The third-order valence-electron chi connectivity index (χ3n) is 3.86. The monoisotopic (exact) mass is 416 g/mol. The Morgan fingerprint density at radius 2 is 1.90 bits per heavy atom. The minimum atomic E-state index is -0.950. The molecule has 0 aromatic heterocycles. The maximum atomic E-state index is 12.3. The molecule has 0 saturated heterocycles. The van der Waals surface area contributed by atoms with Crippen molar-refractivity contribution in [2.24, 2.45) is 0 Å². The fourth-order valence-corrected chi connectivity index (χ4v) is 2.77. The quantitative estimate of drug-likeness (QED) is 0.528. The first-order valence-corrected chi connectivity index (χ1v) is 8.88. The van der Waals surface area contributed by atoms with Gasteiger partial charge in [-0.2, -0.15) is 0 Å². The molecule has 3 rings (SSSR count). The highest BCUT2D eigenvalue weighted by molar-refractivity contribution is 6.32. The third kappa shape index (κ3) is 5.05. The first-order chi connectivity index (χ1) is 14.0. The number of esters is 1. The smallest absolute Gasteiger partial charge is 0.347 e. The number of methoxy groups -OCH3 is 1. The Kier molecular flexibility index (Phi) is 6.36. The topological polar surface area (TPSA) is 103 Å². The molecule has 0 atom stereocenters. The van der Waals surface area contributed by atoms with E-state index < -0.39 is 24.3 Å². The van der Waals surface area contributed by atoms with Crippen LogP contribution in [0.3, 0.4) is 0 Å². The van der Waals surface area contributed by atoms with Gasteiger partial charge in [0.15, 0.2) is 18.8 Å². The number of hydrogen-bond acceptors (Lipinski definition) is 7. The van der Waals surface area contributed by atoms with Gasteiger partial charge in [-0.25, -0.2) is 4.79 Å². The summed E-state index contributed by atoms with van der Waals surface area (Å²) in [6.07, 6.45) is 0. The number of nitrogens with one attached hydrogen (secondary N) is 2. The van der Waals surface area contributed by atoms with E-state index in [9.17, 15) is 14.4 Å². The van der Waals surface area contributed by atoms with Crippen LogP contribution in [0.1, 0.15) is 0 Å². The van der Waals surface area contributed by atoms with Crippen molar-refractivity contribution < 1.29 is 28.6 Å². The standard InChI is InChI=1S/C20H17ClN2O6/c1-27-16-8-7-13(9-14(16)21)22-17(25)11-29-20(26)18-15(24)10-28-19(18)23-12-5-3-2-4-6-12/h2-9,23H,10-11H2,1H3,(H,22,25). The Morgan fingerprint density at radius 3 is 2.59 bits per heavy atom. The zero-order chi connectivity index (χ0) is 20.8. The summed E-state index contributed by atoms with van der Waals surface area (Å²) in [5, 5.41) is 5.71. The molecule has 8 nitrogen and oxygen atoms in total. The average Bonchev–Trinajstić information content (AvgIpc) is 3.07. The van der Waals surface area contributed by atoms with E-state index in [0.29, 0.717) is 22.1 Å². The van der Waals surface area contributed by atoms with Gasteiger partial charge in [-0.15, -0.1) is 0 Å². The molecule has 0 saturated carbocycles. The summed E-state index contributed by atoms with van der Waals surface area (Å²) in [5.74, 6) is -1.62. The number of ether oxygens (including phenoxy) is 3. The van der Waals surface area contributed by atoms with E-state index in [1.807, 2.05) is 6.07 Å². The minimum absolute atomic E-state index is 0.00598. The molecule has 1 aliphatic rings. The number of anilines is 2. The normalized spacial score (nSPS) is 13.0. The van der Waals surface area contributed by atoms with Crippen molar-refractivity contribution in [2.75, 3.05) is 31.0 Å². The number of amides is 1. The Balaban J connectivity index is 1.61. The molecule has 0 aliphatic carbocycles. The molecule has 1 amide bonds.